The van der Waals surface area contributed by atoms with E-state index >= 15 is 0 Å². The monoisotopic (exact) mass is 395 g/mol. The number of fused-ring (bicyclic) bond motifs is 2. The van der Waals surface area contributed by atoms with Crippen molar-refractivity contribution in [3.8, 4) is 11.3 Å². The third kappa shape index (κ3) is 2.83. The second-order valence-corrected chi connectivity index (χ2v) is 8.99. The number of hydrogen-bond acceptors (Lipinski definition) is 3. The van der Waals surface area contributed by atoms with Gasteiger partial charge in [0.2, 0.25) is 0 Å². The Morgan fingerprint density at radius 1 is 0.600 bits per heavy atom. The van der Waals surface area contributed by atoms with Crippen LogP contribution in [-0.4, -0.2) is 17.1 Å². The van der Waals surface area contributed by atoms with E-state index in [1.165, 1.54) is 79.7 Å². The zero-order valence-corrected chi connectivity index (χ0v) is 17.5. The minimum Gasteiger partial charge on any atom is -0.335 e. The molecule has 0 amide bonds. The highest BCUT2D eigenvalue weighted by Gasteiger charge is 2.38. The van der Waals surface area contributed by atoms with Crippen molar-refractivity contribution in [1.29, 1.82) is 0 Å². The summed E-state index contributed by atoms with van der Waals surface area (Å²) in [5.41, 5.74) is 7.85. The van der Waals surface area contributed by atoms with Crippen molar-refractivity contribution in [3.05, 3.63) is 66.9 Å². The normalized spacial score (nSPS) is 19.2. The molecule has 0 N–H and O–H groups in total. The van der Waals surface area contributed by atoms with Crippen molar-refractivity contribution >= 4 is 22.7 Å². The Kier molecular flexibility index (Phi) is 4.48. The van der Waals surface area contributed by atoms with Gasteiger partial charge in [0.05, 0.1) is 28.4 Å². The molecule has 3 aromatic rings. The number of rotatable bonds is 3. The van der Waals surface area contributed by atoms with Crippen LogP contribution in [0.2, 0.25) is 0 Å². The average molecular weight is 396 g/mol. The van der Waals surface area contributed by atoms with E-state index in [0.717, 1.165) is 5.69 Å². The molecule has 2 saturated carbocycles. The van der Waals surface area contributed by atoms with Crippen molar-refractivity contribution in [2.45, 2.75) is 63.5 Å². The van der Waals surface area contributed by atoms with Gasteiger partial charge >= 0.3 is 0 Å². The fourth-order valence-electron chi connectivity index (χ4n) is 5.93. The van der Waals surface area contributed by atoms with E-state index in [1.54, 1.807) is 0 Å². The van der Waals surface area contributed by atoms with Crippen LogP contribution < -0.4 is 9.80 Å². The highest BCUT2D eigenvalue weighted by atomic mass is 15.3. The highest BCUT2D eigenvalue weighted by Crippen LogP contribution is 2.55. The van der Waals surface area contributed by atoms with E-state index in [-0.39, 0.29) is 0 Å². The number of nitrogens with zero attached hydrogens (tertiary/aromatic N) is 3. The summed E-state index contributed by atoms with van der Waals surface area (Å²) < 4.78 is 0. The van der Waals surface area contributed by atoms with Gasteiger partial charge in [-0.2, -0.15) is 0 Å². The van der Waals surface area contributed by atoms with Crippen LogP contribution in [0.25, 0.3) is 11.3 Å². The average Bonchev–Trinajstić information content (AvgIpc) is 3.52. The van der Waals surface area contributed by atoms with Gasteiger partial charge in [-0.15, -0.1) is 0 Å². The number of anilines is 4. The lowest BCUT2D eigenvalue weighted by molar-refractivity contribution is 0.646. The summed E-state index contributed by atoms with van der Waals surface area (Å²) >= 11 is 0. The second-order valence-electron chi connectivity index (χ2n) is 8.99. The fraction of sp³-hybridized carbons (Fsp3) is 0.370. The first-order chi connectivity index (χ1) is 14.9. The van der Waals surface area contributed by atoms with E-state index in [1.807, 2.05) is 12.3 Å². The SMILES string of the molecule is c1ccc(-c2cccc3c2N(C2CCCC2)c2ccccc2N3C2CCCC2)nc1. The van der Waals surface area contributed by atoms with Crippen LogP contribution in [0.1, 0.15) is 51.4 Å². The zero-order chi connectivity index (χ0) is 19.9. The zero-order valence-electron chi connectivity index (χ0n) is 17.5. The second kappa shape index (κ2) is 7.46. The van der Waals surface area contributed by atoms with Gasteiger partial charge in [-0.25, -0.2) is 0 Å². The van der Waals surface area contributed by atoms with Crippen molar-refractivity contribution in [3.63, 3.8) is 0 Å². The number of benzene rings is 2. The molecule has 0 bridgehead atoms. The van der Waals surface area contributed by atoms with Gasteiger partial charge < -0.3 is 9.80 Å². The Hall–Kier alpha value is -2.81. The summed E-state index contributed by atoms with van der Waals surface area (Å²) in [4.78, 5) is 10.1. The standard InChI is InChI=1S/C27H29N3/c1-2-11-20(10-1)29-24-16-5-6-17-25(24)30(21-12-3-4-13-21)27-22(14-9-18-26(27)29)23-15-7-8-19-28-23/h5-9,14-21H,1-4,10-13H2. The smallest absolute Gasteiger partial charge is 0.0750 e. The Labute approximate surface area is 179 Å². The van der Waals surface area contributed by atoms with E-state index in [0.29, 0.717) is 12.1 Å². The van der Waals surface area contributed by atoms with Crippen LogP contribution in [0.15, 0.2) is 66.9 Å². The highest BCUT2D eigenvalue weighted by molar-refractivity contribution is 6.00. The Morgan fingerprint density at radius 3 is 1.87 bits per heavy atom. The van der Waals surface area contributed by atoms with Crippen LogP contribution in [0, 0.1) is 0 Å². The number of pyridine rings is 1. The lowest BCUT2D eigenvalue weighted by atomic mass is 9.96. The van der Waals surface area contributed by atoms with Crippen molar-refractivity contribution in [2.75, 3.05) is 9.80 Å². The van der Waals surface area contributed by atoms with E-state index in [4.69, 9.17) is 4.98 Å². The van der Waals surface area contributed by atoms with Gasteiger partial charge in [-0.1, -0.05) is 56.0 Å². The molecule has 3 heteroatoms. The van der Waals surface area contributed by atoms with Crippen LogP contribution in [0.5, 0.6) is 0 Å². The van der Waals surface area contributed by atoms with Crippen LogP contribution in [-0.2, 0) is 0 Å². The first-order valence-corrected chi connectivity index (χ1v) is 11.6. The molecule has 2 heterocycles. The summed E-state index contributed by atoms with van der Waals surface area (Å²) in [6.07, 6.45) is 12.4. The topological polar surface area (TPSA) is 19.4 Å². The molecule has 2 aromatic carbocycles. The lowest BCUT2D eigenvalue weighted by Gasteiger charge is -2.46. The predicted molar refractivity (Wildman–Crippen MR) is 125 cm³/mol. The van der Waals surface area contributed by atoms with E-state index in [2.05, 4.69) is 64.4 Å². The number of hydrogen-bond donors (Lipinski definition) is 0. The van der Waals surface area contributed by atoms with Gasteiger partial charge in [0, 0.05) is 23.8 Å². The van der Waals surface area contributed by atoms with Gasteiger partial charge in [0.1, 0.15) is 0 Å². The third-order valence-corrected chi connectivity index (χ3v) is 7.24. The molecule has 0 spiro atoms. The maximum atomic E-state index is 4.75. The molecule has 152 valence electrons. The Morgan fingerprint density at radius 2 is 1.20 bits per heavy atom. The first-order valence-electron chi connectivity index (χ1n) is 11.6. The van der Waals surface area contributed by atoms with Gasteiger partial charge in [0.25, 0.3) is 0 Å². The summed E-state index contributed by atoms with van der Waals surface area (Å²) in [5, 5.41) is 0. The van der Waals surface area contributed by atoms with Crippen molar-refractivity contribution < 1.29 is 0 Å². The number of aromatic nitrogens is 1. The molecular weight excluding hydrogens is 366 g/mol. The lowest BCUT2D eigenvalue weighted by Crippen LogP contribution is -2.39. The molecule has 3 nitrogen and oxygen atoms in total. The number of para-hydroxylation sites is 3. The van der Waals surface area contributed by atoms with E-state index in [9.17, 15) is 0 Å². The fourth-order valence-corrected chi connectivity index (χ4v) is 5.93. The minimum atomic E-state index is 0.570. The Balaban J connectivity index is 1.61. The molecule has 0 atom stereocenters. The maximum Gasteiger partial charge on any atom is 0.0750 e. The molecule has 6 rings (SSSR count). The van der Waals surface area contributed by atoms with Gasteiger partial charge in [-0.05, 0) is 56.0 Å². The molecule has 0 radical (unpaired) electrons. The summed E-state index contributed by atoms with van der Waals surface area (Å²) in [7, 11) is 0. The molecule has 1 aliphatic heterocycles. The molecule has 1 aromatic heterocycles. The summed E-state index contributed by atoms with van der Waals surface area (Å²) in [5.74, 6) is 0. The first kappa shape index (κ1) is 18.0. The third-order valence-electron chi connectivity index (χ3n) is 7.24. The molecule has 0 saturated heterocycles. The van der Waals surface area contributed by atoms with Crippen LogP contribution in [0.4, 0.5) is 22.7 Å². The largest absolute Gasteiger partial charge is 0.335 e. The Bertz CT molecular complexity index is 1030. The molecule has 3 aliphatic rings. The van der Waals surface area contributed by atoms with Crippen molar-refractivity contribution in [1.82, 2.24) is 4.98 Å². The van der Waals surface area contributed by atoms with Crippen LogP contribution >= 0.6 is 0 Å². The molecule has 0 unspecified atom stereocenters. The predicted octanol–water partition coefficient (Wildman–Crippen LogP) is 7.22. The van der Waals surface area contributed by atoms with Gasteiger partial charge in [0.15, 0.2) is 0 Å². The minimum absolute atomic E-state index is 0.570. The molecule has 30 heavy (non-hydrogen) atoms. The van der Waals surface area contributed by atoms with Crippen LogP contribution in [0.3, 0.4) is 0 Å². The maximum absolute atomic E-state index is 4.75. The molecule has 2 fully saturated rings. The van der Waals surface area contributed by atoms with Gasteiger partial charge in [-0.3, -0.25) is 4.98 Å². The molecule has 2 aliphatic carbocycles. The van der Waals surface area contributed by atoms with E-state index < -0.39 is 0 Å². The quantitative estimate of drug-likeness (QED) is 0.466. The van der Waals surface area contributed by atoms with Crippen molar-refractivity contribution in [2.24, 2.45) is 0 Å². The summed E-state index contributed by atoms with van der Waals surface area (Å²) in [6.45, 7) is 0. The molecular formula is C27H29N3. The summed E-state index contributed by atoms with van der Waals surface area (Å²) in [6, 6.07) is 23.4.